The Morgan fingerprint density at radius 2 is 1.84 bits per heavy atom. The number of aromatic nitrogens is 1. The molecule has 0 spiro atoms. The van der Waals surface area contributed by atoms with Crippen molar-refractivity contribution < 1.29 is 4.79 Å². The molecule has 25 heavy (non-hydrogen) atoms. The molecule has 1 aliphatic rings. The van der Waals surface area contributed by atoms with Crippen LogP contribution >= 0.6 is 11.6 Å². The Morgan fingerprint density at radius 1 is 1.08 bits per heavy atom. The van der Waals surface area contributed by atoms with Crippen molar-refractivity contribution in [2.24, 2.45) is 0 Å². The number of nitrogens with one attached hydrogen (secondary N) is 1. The highest BCUT2D eigenvalue weighted by Gasteiger charge is 2.20. The van der Waals surface area contributed by atoms with Gasteiger partial charge in [-0.2, -0.15) is 0 Å². The summed E-state index contributed by atoms with van der Waals surface area (Å²) in [6.45, 7) is 4.81. The van der Waals surface area contributed by atoms with Crippen LogP contribution in [-0.4, -0.2) is 53.5 Å². The van der Waals surface area contributed by atoms with Crippen LogP contribution in [0, 0.1) is 0 Å². The molecular weight excluding hydrogens is 336 g/mol. The first-order valence-electron chi connectivity index (χ1n) is 8.59. The van der Waals surface area contributed by atoms with Crippen molar-refractivity contribution in [1.29, 1.82) is 0 Å². The molecule has 6 heteroatoms. The van der Waals surface area contributed by atoms with Gasteiger partial charge in [0.2, 0.25) is 0 Å². The SMILES string of the molecule is O=C(NCCc1ccc(Cl)cc1)N1CCN(Cc2cccnc2)CC1. The number of carbonyl (C=O) groups is 1. The van der Waals surface area contributed by atoms with Gasteiger partial charge in [0.15, 0.2) is 0 Å². The van der Waals surface area contributed by atoms with Gasteiger partial charge in [-0.05, 0) is 35.7 Å². The maximum atomic E-state index is 12.3. The molecule has 0 bridgehead atoms. The molecule has 1 aromatic heterocycles. The zero-order chi connectivity index (χ0) is 17.5. The molecule has 0 unspecified atom stereocenters. The highest BCUT2D eigenvalue weighted by molar-refractivity contribution is 6.30. The number of pyridine rings is 1. The number of amides is 2. The predicted octanol–water partition coefficient (Wildman–Crippen LogP) is 2.80. The fourth-order valence-corrected chi connectivity index (χ4v) is 3.06. The van der Waals surface area contributed by atoms with Crippen LogP contribution in [0.15, 0.2) is 48.8 Å². The molecule has 0 aliphatic carbocycles. The number of hydrogen-bond acceptors (Lipinski definition) is 3. The fraction of sp³-hybridized carbons (Fsp3) is 0.368. The van der Waals surface area contributed by atoms with Crippen molar-refractivity contribution in [1.82, 2.24) is 20.1 Å². The van der Waals surface area contributed by atoms with Gasteiger partial charge in [-0.25, -0.2) is 4.79 Å². The van der Waals surface area contributed by atoms with Gasteiger partial charge in [-0.1, -0.05) is 29.8 Å². The minimum atomic E-state index is 0.0231. The number of benzene rings is 1. The summed E-state index contributed by atoms with van der Waals surface area (Å²) in [4.78, 5) is 20.7. The molecular formula is C19H23ClN4O. The quantitative estimate of drug-likeness (QED) is 0.894. The van der Waals surface area contributed by atoms with Gasteiger partial charge in [0, 0.05) is 56.7 Å². The van der Waals surface area contributed by atoms with E-state index in [4.69, 9.17) is 11.6 Å². The number of piperazine rings is 1. The molecule has 2 amide bonds. The van der Waals surface area contributed by atoms with E-state index >= 15 is 0 Å². The van der Waals surface area contributed by atoms with Gasteiger partial charge in [0.1, 0.15) is 0 Å². The average Bonchev–Trinajstić information content (AvgIpc) is 2.65. The Labute approximate surface area is 153 Å². The first-order chi connectivity index (χ1) is 12.2. The topological polar surface area (TPSA) is 48.5 Å². The monoisotopic (exact) mass is 358 g/mol. The first kappa shape index (κ1) is 17.7. The highest BCUT2D eigenvalue weighted by atomic mass is 35.5. The molecule has 1 saturated heterocycles. The summed E-state index contributed by atoms with van der Waals surface area (Å²) in [7, 11) is 0. The standard InChI is InChI=1S/C19H23ClN4O/c20-18-5-3-16(4-6-18)7-9-22-19(25)24-12-10-23(11-13-24)15-17-2-1-8-21-14-17/h1-6,8,14H,7,9-13,15H2,(H,22,25). The number of hydrogen-bond donors (Lipinski definition) is 1. The van der Waals surface area contributed by atoms with Gasteiger partial charge in [-0.3, -0.25) is 9.88 Å². The summed E-state index contributed by atoms with van der Waals surface area (Å²) in [6, 6.07) is 11.8. The van der Waals surface area contributed by atoms with Gasteiger partial charge in [0.25, 0.3) is 0 Å². The summed E-state index contributed by atoms with van der Waals surface area (Å²) >= 11 is 5.88. The molecule has 0 atom stereocenters. The van der Waals surface area contributed by atoms with Crippen molar-refractivity contribution in [3.8, 4) is 0 Å². The summed E-state index contributed by atoms with van der Waals surface area (Å²) in [5.41, 5.74) is 2.38. The van der Waals surface area contributed by atoms with Crippen molar-refractivity contribution >= 4 is 17.6 Å². The van der Waals surface area contributed by atoms with Gasteiger partial charge < -0.3 is 10.2 Å². The molecule has 1 fully saturated rings. The lowest BCUT2D eigenvalue weighted by Crippen LogP contribution is -2.51. The van der Waals surface area contributed by atoms with E-state index in [2.05, 4.69) is 21.3 Å². The fourth-order valence-electron chi connectivity index (χ4n) is 2.94. The Kier molecular flexibility index (Phi) is 6.25. The van der Waals surface area contributed by atoms with Crippen LogP contribution in [0.2, 0.25) is 5.02 Å². The summed E-state index contributed by atoms with van der Waals surface area (Å²) in [6.07, 6.45) is 4.50. The van der Waals surface area contributed by atoms with Crippen LogP contribution in [0.5, 0.6) is 0 Å². The third kappa shape index (κ3) is 5.44. The lowest BCUT2D eigenvalue weighted by Gasteiger charge is -2.34. The minimum Gasteiger partial charge on any atom is -0.338 e. The molecule has 2 aromatic rings. The minimum absolute atomic E-state index is 0.0231. The Balaban J connectivity index is 1.37. The molecule has 132 valence electrons. The van der Waals surface area contributed by atoms with E-state index in [1.807, 2.05) is 41.4 Å². The zero-order valence-corrected chi connectivity index (χ0v) is 15.0. The molecule has 1 aromatic carbocycles. The lowest BCUT2D eigenvalue weighted by molar-refractivity contribution is 0.135. The normalized spacial score (nSPS) is 15.2. The molecule has 3 rings (SSSR count). The summed E-state index contributed by atoms with van der Waals surface area (Å²) < 4.78 is 0. The van der Waals surface area contributed by atoms with E-state index in [9.17, 15) is 4.79 Å². The second kappa shape index (κ2) is 8.83. The first-order valence-corrected chi connectivity index (χ1v) is 8.97. The highest BCUT2D eigenvalue weighted by Crippen LogP contribution is 2.10. The van der Waals surface area contributed by atoms with E-state index in [1.54, 1.807) is 6.20 Å². The zero-order valence-electron chi connectivity index (χ0n) is 14.2. The molecule has 0 saturated carbocycles. The number of carbonyl (C=O) groups excluding carboxylic acids is 1. The van der Waals surface area contributed by atoms with Crippen molar-refractivity contribution in [2.45, 2.75) is 13.0 Å². The Bertz CT molecular complexity index is 670. The number of halogens is 1. The summed E-state index contributed by atoms with van der Waals surface area (Å²) in [5.74, 6) is 0. The van der Waals surface area contributed by atoms with Crippen LogP contribution in [0.1, 0.15) is 11.1 Å². The van der Waals surface area contributed by atoms with E-state index in [1.165, 1.54) is 11.1 Å². The third-order valence-corrected chi connectivity index (χ3v) is 4.64. The molecule has 1 aliphatic heterocycles. The smallest absolute Gasteiger partial charge is 0.317 e. The van der Waals surface area contributed by atoms with Crippen LogP contribution in [0.25, 0.3) is 0 Å². The van der Waals surface area contributed by atoms with Gasteiger partial charge in [0.05, 0.1) is 0 Å². The van der Waals surface area contributed by atoms with Crippen LogP contribution in [-0.2, 0) is 13.0 Å². The maximum absolute atomic E-state index is 12.3. The lowest BCUT2D eigenvalue weighted by atomic mass is 10.1. The van der Waals surface area contributed by atoms with Crippen molar-refractivity contribution in [3.05, 3.63) is 64.9 Å². The van der Waals surface area contributed by atoms with Gasteiger partial charge in [-0.15, -0.1) is 0 Å². The van der Waals surface area contributed by atoms with E-state index in [-0.39, 0.29) is 6.03 Å². The van der Waals surface area contributed by atoms with Crippen LogP contribution in [0.3, 0.4) is 0 Å². The second-order valence-corrected chi connectivity index (χ2v) is 6.67. The van der Waals surface area contributed by atoms with Gasteiger partial charge >= 0.3 is 6.03 Å². The third-order valence-electron chi connectivity index (χ3n) is 4.39. The molecule has 1 N–H and O–H groups in total. The molecule has 2 heterocycles. The van der Waals surface area contributed by atoms with Crippen LogP contribution in [0.4, 0.5) is 4.79 Å². The van der Waals surface area contributed by atoms with Crippen molar-refractivity contribution in [2.75, 3.05) is 32.7 Å². The second-order valence-electron chi connectivity index (χ2n) is 6.23. The number of nitrogens with zero attached hydrogens (tertiary/aromatic N) is 3. The largest absolute Gasteiger partial charge is 0.338 e. The van der Waals surface area contributed by atoms with E-state index < -0.39 is 0 Å². The molecule has 5 nitrogen and oxygen atoms in total. The predicted molar refractivity (Wildman–Crippen MR) is 99.6 cm³/mol. The van der Waals surface area contributed by atoms with Crippen LogP contribution < -0.4 is 5.32 Å². The molecule has 0 radical (unpaired) electrons. The number of urea groups is 1. The summed E-state index contributed by atoms with van der Waals surface area (Å²) in [5, 5.41) is 3.74. The number of rotatable bonds is 5. The van der Waals surface area contributed by atoms with E-state index in [0.717, 1.165) is 44.2 Å². The van der Waals surface area contributed by atoms with E-state index in [0.29, 0.717) is 6.54 Å². The Hall–Kier alpha value is -2.11. The maximum Gasteiger partial charge on any atom is 0.317 e. The Morgan fingerprint density at radius 3 is 2.52 bits per heavy atom. The average molecular weight is 359 g/mol. The van der Waals surface area contributed by atoms with Crippen molar-refractivity contribution in [3.63, 3.8) is 0 Å².